The van der Waals surface area contributed by atoms with Crippen LogP contribution in [-0.4, -0.2) is 51.6 Å². The summed E-state index contributed by atoms with van der Waals surface area (Å²) in [6.07, 6.45) is 2.92. The predicted molar refractivity (Wildman–Crippen MR) is 135 cm³/mol. The Morgan fingerprint density at radius 3 is 2.56 bits per heavy atom. The minimum absolute atomic E-state index is 0.0227. The van der Waals surface area contributed by atoms with Crippen molar-refractivity contribution in [3.63, 3.8) is 0 Å². The quantitative estimate of drug-likeness (QED) is 0.530. The zero-order valence-corrected chi connectivity index (χ0v) is 20.5. The summed E-state index contributed by atoms with van der Waals surface area (Å²) < 4.78 is 2.36. The van der Waals surface area contributed by atoms with Gasteiger partial charge in [-0.1, -0.05) is 18.2 Å². The van der Waals surface area contributed by atoms with E-state index in [0.717, 1.165) is 30.3 Å². The van der Waals surface area contributed by atoms with E-state index in [2.05, 4.69) is 102 Å². The molecule has 6 heteroatoms. The van der Waals surface area contributed by atoms with Gasteiger partial charge in [-0.3, -0.25) is 4.98 Å². The van der Waals surface area contributed by atoms with Crippen LogP contribution in [0.2, 0.25) is 0 Å². The average Bonchev–Trinajstić information content (AvgIpc) is 3.24. The summed E-state index contributed by atoms with van der Waals surface area (Å²) in [5.41, 5.74) is 7.27. The number of hydrogen-bond acceptors (Lipinski definition) is 3. The van der Waals surface area contributed by atoms with Crippen molar-refractivity contribution in [2.24, 2.45) is 0 Å². The highest BCUT2D eigenvalue weighted by atomic mass is 32.1. The highest BCUT2D eigenvalue weighted by Crippen LogP contribution is 2.41. The molecule has 4 rings (SSSR count). The number of hydrogen-bond donors (Lipinski definition) is 1. The molecule has 32 heavy (non-hydrogen) atoms. The SMILES string of the molecule is Cc1cccc(-n2c(C)cc(C3C(c4ccccn4)NC(=S)N3CCCN(C)C)c2C)c1. The van der Waals surface area contributed by atoms with Gasteiger partial charge in [0.05, 0.1) is 17.8 Å². The Morgan fingerprint density at radius 2 is 1.88 bits per heavy atom. The molecule has 2 unspecified atom stereocenters. The third-order valence-corrected chi connectivity index (χ3v) is 6.60. The van der Waals surface area contributed by atoms with Gasteiger partial charge in [0.25, 0.3) is 0 Å². The Bertz CT molecular complexity index is 1090. The number of benzene rings is 1. The maximum absolute atomic E-state index is 5.83. The third-order valence-electron chi connectivity index (χ3n) is 6.25. The lowest BCUT2D eigenvalue weighted by Crippen LogP contribution is -2.32. The molecule has 0 saturated carbocycles. The van der Waals surface area contributed by atoms with Crippen molar-refractivity contribution in [3.05, 3.63) is 82.9 Å². The summed E-state index contributed by atoms with van der Waals surface area (Å²) in [5.74, 6) is 0. The Labute approximate surface area is 197 Å². The first kappa shape index (κ1) is 22.5. The van der Waals surface area contributed by atoms with Crippen LogP contribution in [0.5, 0.6) is 0 Å². The van der Waals surface area contributed by atoms with Crippen molar-refractivity contribution in [1.29, 1.82) is 0 Å². The third kappa shape index (κ3) is 4.43. The van der Waals surface area contributed by atoms with Crippen molar-refractivity contribution < 1.29 is 0 Å². The second-order valence-electron chi connectivity index (χ2n) is 8.98. The van der Waals surface area contributed by atoms with Crippen LogP contribution >= 0.6 is 12.2 Å². The fourth-order valence-electron chi connectivity index (χ4n) is 4.79. The molecule has 0 spiro atoms. The van der Waals surface area contributed by atoms with Crippen molar-refractivity contribution in [1.82, 2.24) is 24.7 Å². The lowest BCUT2D eigenvalue weighted by Gasteiger charge is -2.28. The van der Waals surface area contributed by atoms with Crippen LogP contribution in [0.3, 0.4) is 0 Å². The molecular weight excluding hydrogens is 414 g/mol. The second-order valence-corrected chi connectivity index (χ2v) is 9.36. The summed E-state index contributed by atoms with van der Waals surface area (Å²) in [6.45, 7) is 8.49. The van der Waals surface area contributed by atoms with Crippen LogP contribution < -0.4 is 5.32 Å². The predicted octanol–water partition coefficient (Wildman–Crippen LogP) is 4.72. The van der Waals surface area contributed by atoms with Crippen LogP contribution in [0.15, 0.2) is 54.7 Å². The molecule has 2 atom stereocenters. The highest BCUT2D eigenvalue weighted by Gasteiger charge is 2.41. The lowest BCUT2D eigenvalue weighted by atomic mass is 9.96. The molecule has 1 fully saturated rings. The topological polar surface area (TPSA) is 36.3 Å². The standard InChI is InChI=1S/C26H33N5S/c1-18-10-8-11-21(16-18)31-19(2)17-22(20(31)3)25-24(23-12-6-7-13-27-23)28-26(32)30(25)15-9-14-29(4)5/h6-8,10-13,16-17,24-25H,9,14-15H2,1-5H3,(H,28,32). The van der Waals surface area contributed by atoms with Gasteiger partial charge in [0.2, 0.25) is 0 Å². The van der Waals surface area contributed by atoms with Crippen molar-refractivity contribution >= 4 is 17.3 Å². The molecule has 168 valence electrons. The van der Waals surface area contributed by atoms with E-state index >= 15 is 0 Å². The maximum Gasteiger partial charge on any atom is 0.170 e. The zero-order chi connectivity index (χ0) is 22.8. The molecule has 0 radical (unpaired) electrons. The van der Waals surface area contributed by atoms with Crippen LogP contribution in [0.1, 0.15) is 46.7 Å². The number of rotatable bonds is 7. The number of nitrogens with zero attached hydrogens (tertiary/aromatic N) is 4. The first-order valence-electron chi connectivity index (χ1n) is 11.3. The molecule has 1 aliphatic rings. The summed E-state index contributed by atoms with van der Waals surface area (Å²) in [5, 5.41) is 4.39. The van der Waals surface area contributed by atoms with E-state index in [1.54, 1.807) is 0 Å². The molecule has 1 saturated heterocycles. The van der Waals surface area contributed by atoms with Gasteiger partial charge in [0.1, 0.15) is 0 Å². The lowest BCUT2D eigenvalue weighted by molar-refractivity contribution is 0.292. The smallest absolute Gasteiger partial charge is 0.170 e. The van der Waals surface area contributed by atoms with Crippen LogP contribution in [0.4, 0.5) is 0 Å². The van der Waals surface area contributed by atoms with Crippen molar-refractivity contribution in [2.45, 2.75) is 39.3 Å². The van der Waals surface area contributed by atoms with E-state index in [0.29, 0.717) is 0 Å². The minimum Gasteiger partial charge on any atom is -0.352 e. The molecule has 1 N–H and O–H groups in total. The normalized spacial score (nSPS) is 18.4. The van der Waals surface area contributed by atoms with Crippen molar-refractivity contribution in [2.75, 3.05) is 27.2 Å². The minimum atomic E-state index is 0.0227. The molecule has 5 nitrogen and oxygen atoms in total. The van der Waals surface area contributed by atoms with Gasteiger partial charge in [-0.2, -0.15) is 0 Å². The molecule has 1 aliphatic heterocycles. The van der Waals surface area contributed by atoms with Gasteiger partial charge in [0.15, 0.2) is 5.11 Å². The Morgan fingerprint density at radius 1 is 1.06 bits per heavy atom. The highest BCUT2D eigenvalue weighted by molar-refractivity contribution is 7.80. The van der Waals surface area contributed by atoms with E-state index in [4.69, 9.17) is 12.2 Å². The van der Waals surface area contributed by atoms with E-state index in [9.17, 15) is 0 Å². The Hall–Kier alpha value is -2.70. The van der Waals surface area contributed by atoms with Gasteiger partial charge >= 0.3 is 0 Å². The first-order valence-corrected chi connectivity index (χ1v) is 11.7. The van der Waals surface area contributed by atoms with Crippen LogP contribution in [0, 0.1) is 20.8 Å². The number of aromatic nitrogens is 2. The molecule has 1 aromatic carbocycles. The molecular formula is C26H33N5S. The van der Waals surface area contributed by atoms with Crippen LogP contribution in [0.25, 0.3) is 5.69 Å². The summed E-state index contributed by atoms with van der Waals surface area (Å²) >= 11 is 5.83. The summed E-state index contributed by atoms with van der Waals surface area (Å²) in [4.78, 5) is 9.26. The molecule has 3 heterocycles. The number of pyridine rings is 1. The fraction of sp³-hybridized carbons (Fsp3) is 0.385. The van der Waals surface area contributed by atoms with E-state index < -0.39 is 0 Å². The van der Waals surface area contributed by atoms with Crippen LogP contribution in [-0.2, 0) is 0 Å². The van der Waals surface area contributed by atoms with Gasteiger partial charge in [-0.05, 0) is 102 Å². The largest absolute Gasteiger partial charge is 0.352 e. The molecule has 0 amide bonds. The van der Waals surface area contributed by atoms with Crippen molar-refractivity contribution in [3.8, 4) is 5.69 Å². The van der Waals surface area contributed by atoms with Gasteiger partial charge in [0, 0.05) is 29.8 Å². The van der Waals surface area contributed by atoms with Gasteiger partial charge in [-0.15, -0.1) is 0 Å². The van der Waals surface area contributed by atoms with E-state index in [1.165, 1.54) is 28.2 Å². The summed E-state index contributed by atoms with van der Waals surface area (Å²) in [7, 11) is 4.23. The maximum atomic E-state index is 5.83. The number of aryl methyl sites for hydroxylation is 2. The zero-order valence-electron chi connectivity index (χ0n) is 19.7. The number of thiocarbonyl (C=S) groups is 1. The molecule has 0 bridgehead atoms. The molecule has 2 aromatic heterocycles. The molecule has 3 aromatic rings. The Balaban J connectivity index is 1.77. The monoisotopic (exact) mass is 447 g/mol. The first-order chi connectivity index (χ1) is 15.4. The average molecular weight is 448 g/mol. The van der Waals surface area contributed by atoms with E-state index in [1.807, 2.05) is 12.3 Å². The fourth-order valence-corrected chi connectivity index (χ4v) is 5.13. The van der Waals surface area contributed by atoms with Gasteiger partial charge in [-0.25, -0.2) is 0 Å². The van der Waals surface area contributed by atoms with Gasteiger partial charge < -0.3 is 19.7 Å². The summed E-state index contributed by atoms with van der Waals surface area (Å²) in [6, 6.07) is 17.2. The second kappa shape index (κ2) is 9.43. The van der Waals surface area contributed by atoms with E-state index in [-0.39, 0.29) is 12.1 Å². The number of nitrogens with one attached hydrogen (secondary N) is 1. The Kier molecular flexibility index (Phi) is 6.63. The molecule has 0 aliphatic carbocycles.